The summed E-state index contributed by atoms with van der Waals surface area (Å²) in [7, 11) is 1.39. The lowest BCUT2D eigenvalue weighted by atomic mass is 9.85. The van der Waals surface area contributed by atoms with E-state index < -0.39 is 5.41 Å². The van der Waals surface area contributed by atoms with E-state index >= 15 is 0 Å². The van der Waals surface area contributed by atoms with Gasteiger partial charge in [0.15, 0.2) is 0 Å². The second-order valence-electron chi connectivity index (χ2n) is 4.24. The maximum Gasteiger partial charge on any atom is 0.315 e. The van der Waals surface area contributed by atoms with E-state index in [-0.39, 0.29) is 5.97 Å². The van der Waals surface area contributed by atoms with Crippen LogP contribution in [0.1, 0.15) is 19.4 Å². The third-order valence-electron chi connectivity index (χ3n) is 2.64. The summed E-state index contributed by atoms with van der Waals surface area (Å²) in [5, 5.41) is 0. The zero-order valence-electron chi connectivity index (χ0n) is 10.5. The van der Waals surface area contributed by atoms with Crippen LogP contribution in [-0.4, -0.2) is 19.7 Å². The highest BCUT2D eigenvalue weighted by Crippen LogP contribution is 2.26. The van der Waals surface area contributed by atoms with Gasteiger partial charge in [-0.15, -0.1) is 0 Å². The summed E-state index contributed by atoms with van der Waals surface area (Å²) >= 11 is 0. The van der Waals surface area contributed by atoms with E-state index in [1.807, 2.05) is 38.1 Å². The fourth-order valence-corrected chi connectivity index (χ4v) is 1.50. The van der Waals surface area contributed by atoms with E-state index in [9.17, 15) is 4.79 Å². The number of benzene rings is 1. The Morgan fingerprint density at radius 3 is 2.41 bits per heavy atom. The normalized spacial score (nSPS) is 10.8. The molecule has 0 heterocycles. The summed E-state index contributed by atoms with van der Waals surface area (Å²) in [6.45, 7) is 7.72. The highest BCUT2D eigenvalue weighted by molar-refractivity contribution is 5.82. The van der Waals surface area contributed by atoms with E-state index in [1.54, 1.807) is 6.08 Å². The average Bonchev–Trinajstić information content (AvgIpc) is 2.35. The standard InChI is InChI=1S/C14H18O3/c1-5-10-17-12-8-6-11(7-9-12)14(2,3)13(15)16-4/h5-9H,1,10H2,2-4H3. The van der Waals surface area contributed by atoms with Crippen LogP contribution in [-0.2, 0) is 14.9 Å². The Hall–Kier alpha value is -1.77. The number of rotatable bonds is 5. The number of ether oxygens (including phenoxy) is 2. The van der Waals surface area contributed by atoms with Gasteiger partial charge in [0.2, 0.25) is 0 Å². The maximum atomic E-state index is 11.6. The molecule has 0 amide bonds. The Labute approximate surface area is 102 Å². The van der Waals surface area contributed by atoms with Crippen LogP contribution in [0, 0.1) is 0 Å². The predicted molar refractivity (Wildman–Crippen MR) is 67.2 cm³/mol. The van der Waals surface area contributed by atoms with E-state index in [4.69, 9.17) is 9.47 Å². The van der Waals surface area contributed by atoms with Gasteiger partial charge in [0.25, 0.3) is 0 Å². The summed E-state index contributed by atoms with van der Waals surface area (Å²) in [4.78, 5) is 11.6. The maximum absolute atomic E-state index is 11.6. The second-order valence-corrected chi connectivity index (χ2v) is 4.24. The van der Waals surface area contributed by atoms with Gasteiger partial charge in [0, 0.05) is 0 Å². The zero-order valence-corrected chi connectivity index (χ0v) is 10.5. The van der Waals surface area contributed by atoms with Gasteiger partial charge in [-0.2, -0.15) is 0 Å². The third kappa shape index (κ3) is 3.09. The van der Waals surface area contributed by atoms with Crippen LogP contribution in [0.25, 0.3) is 0 Å². The van der Waals surface area contributed by atoms with E-state index in [0.717, 1.165) is 11.3 Å². The van der Waals surface area contributed by atoms with Crippen LogP contribution in [0.3, 0.4) is 0 Å². The highest BCUT2D eigenvalue weighted by Gasteiger charge is 2.30. The average molecular weight is 234 g/mol. The molecule has 0 bridgehead atoms. The molecule has 0 aliphatic rings. The fraction of sp³-hybridized carbons (Fsp3) is 0.357. The zero-order chi connectivity index (χ0) is 12.9. The van der Waals surface area contributed by atoms with Gasteiger partial charge in [-0.25, -0.2) is 0 Å². The lowest BCUT2D eigenvalue weighted by Crippen LogP contribution is -2.30. The van der Waals surface area contributed by atoms with Crippen molar-refractivity contribution in [2.45, 2.75) is 19.3 Å². The van der Waals surface area contributed by atoms with Gasteiger partial charge in [0.1, 0.15) is 12.4 Å². The number of methoxy groups -OCH3 is 1. The molecular weight excluding hydrogens is 216 g/mol. The number of carbonyl (C=O) groups excluding carboxylic acids is 1. The monoisotopic (exact) mass is 234 g/mol. The second kappa shape index (κ2) is 5.53. The van der Waals surface area contributed by atoms with Crippen molar-refractivity contribution < 1.29 is 14.3 Å². The first-order chi connectivity index (χ1) is 8.02. The molecule has 0 aliphatic carbocycles. The van der Waals surface area contributed by atoms with Gasteiger partial charge >= 0.3 is 5.97 Å². The van der Waals surface area contributed by atoms with Crippen LogP contribution in [0.2, 0.25) is 0 Å². The molecule has 0 spiro atoms. The van der Waals surface area contributed by atoms with E-state index in [1.165, 1.54) is 7.11 Å². The SMILES string of the molecule is C=CCOc1ccc(C(C)(C)C(=O)OC)cc1. The molecule has 0 fully saturated rings. The third-order valence-corrected chi connectivity index (χ3v) is 2.64. The molecule has 0 saturated heterocycles. The smallest absolute Gasteiger partial charge is 0.315 e. The minimum atomic E-state index is -0.647. The minimum Gasteiger partial charge on any atom is -0.490 e. The van der Waals surface area contributed by atoms with Crippen molar-refractivity contribution in [3.05, 3.63) is 42.5 Å². The van der Waals surface area contributed by atoms with Crippen molar-refractivity contribution >= 4 is 5.97 Å². The lowest BCUT2D eigenvalue weighted by Gasteiger charge is -2.22. The molecule has 1 rings (SSSR count). The molecule has 0 atom stereocenters. The lowest BCUT2D eigenvalue weighted by molar-refractivity contribution is -0.146. The predicted octanol–water partition coefficient (Wildman–Crippen LogP) is 2.70. The van der Waals surface area contributed by atoms with Crippen LogP contribution in [0.5, 0.6) is 5.75 Å². The van der Waals surface area contributed by atoms with Crippen LogP contribution in [0.4, 0.5) is 0 Å². The van der Waals surface area contributed by atoms with E-state index in [0.29, 0.717) is 6.61 Å². The topological polar surface area (TPSA) is 35.5 Å². The highest BCUT2D eigenvalue weighted by atomic mass is 16.5. The largest absolute Gasteiger partial charge is 0.490 e. The van der Waals surface area contributed by atoms with Crippen molar-refractivity contribution in [2.24, 2.45) is 0 Å². The summed E-state index contributed by atoms with van der Waals surface area (Å²) in [6.07, 6.45) is 1.69. The molecule has 0 aromatic heterocycles. The first-order valence-electron chi connectivity index (χ1n) is 5.45. The Balaban J connectivity index is 2.86. The van der Waals surface area contributed by atoms with Crippen molar-refractivity contribution in [1.82, 2.24) is 0 Å². The first-order valence-corrected chi connectivity index (χ1v) is 5.45. The van der Waals surface area contributed by atoms with Gasteiger partial charge in [0.05, 0.1) is 12.5 Å². The molecule has 0 unspecified atom stereocenters. The number of carbonyl (C=O) groups is 1. The molecular formula is C14H18O3. The van der Waals surface area contributed by atoms with Crippen molar-refractivity contribution in [3.8, 4) is 5.75 Å². The van der Waals surface area contributed by atoms with Gasteiger partial charge in [-0.3, -0.25) is 4.79 Å². The fourth-order valence-electron chi connectivity index (χ4n) is 1.50. The van der Waals surface area contributed by atoms with Gasteiger partial charge < -0.3 is 9.47 Å². The number of esters is 1. The van der Waals surface area contributed by atoms with Crippen molar-refractivity contribution in [1.29, 1.82) is 0 Å². The Bertz CT molecular complexity index is 390. The molecule has 1 aromatic carbocycles. The van der Waals surface area contributed by atoms with E-state index in [2.05, 4.69) is 6.58 Å². The molecule has 3 nitrogen and oxygen atoms in total. The van der Waals surface area contributed by atoms with Gasteiger partial charge in [-0.05, 0) is 31.5 Å². The van der Waals surface area contributed by atoms with Crippen molar-refractivity contribution in [3.63, 3.8) is 0 Å². The summed E-state index contributed by atoms with van der Waals surface area (Å²) < 4.78 is 10.2. The van der Waals surface area contributed by atoms with Crippen LogP contribution >= 0.6 is 0 Å². The first kappa shape index (κ1) is 13.3. The molecule has 3 heteroatoms. The van der Waals surface area contributed by atoms with Gasteiger partial charge in [-0.1, -0.05) is 24.8 Å². The molecule has 17 heavy (non-hydrogen) atoms. The number of hydrogen-bond acceptors (Lipinski definition) is 3. The Morgan fingerprint density at radius 2 is 1.94 bits per heavy atom. The summed E-state index contributed by atoms with van der Waals surface area (Å²) in [5.41, 5.74) is 0.251. The quantitative estimate of drug-likeness (QED) is 0.580. The molecule has 1 aromatic rings. The van der Waals surface area contributed by atoms with Crippen molar-refractivity contribution in [2.75, 3.05) is 13.7 Å². The number of hydrogen-bond donors (Lipinski definition) is 0. The molecule has 92 valence electrons. The minimum absolute atomic E-state index is 0.253. The van der Waals surface area contributed by atoms with Crippen LogP contribution in [0.15, 0.2) is 36.9 Å². The molecule has 0 aliphatic heterocycles. The molecule has 0 radical (unpaired) electrons. The Kier molecular flexibility index (Phi) is 4.32. The van der Waals surface area contributed by atoms with Crippen LogP contribution < -0.4 is 4.74 Å². The molecule has 0 N–H and O–H groups in total. The molecule has 0 saturated carbocycles. The Morgan fingerprint density at radius 1 is 1.35 bits per heavy atom. The summed E-state index contributed by atoms with van der Waals surface area (Å²) in [5.74, 6) is 0.506. The summed E-state index contributed by atoms with van der Waals surface area (Å²) in [6, 6.07) is 7.41.